The van der Waals surface area contributed by atoms with E-state index in [-0.39, 0.29) is 11.4 Å². The van der Waals surface area contributed by atoms with Gasteiger partial charge in [0.25, 0.3) is 0 Å². The molecule has 94 valence electrons. The fraction of sp³-hybridized carbons (Fsp3) is 0.0769. The highest BCUT2D eigenvalue weighted by Gasteiger charge is 2.31. The summed E-state index contributed by atoms with van der Waals surface area (Å²) in [6.07, 6.45) is -4.44. The highest BCUT2D eigenvalue weighted by Crippen LogP contribution is 2.38. The van der Waals surface area contributed by atoms with Crippen LogP contribution in [0.3, 0.4) is 0 Å². The van der Waals surface area contributed by atoms with Gasteiger partial charge in [-0.1, -0.05) is 30.3 Å². The number of halogens is 3. The molecule has 0 aromatic heterocycles. The second kappa shape index (κ2) is 4.25. The molecule has 0 bridgehead atoms. The van der Waals surface area contributed by atoms with Crippen LogP contribution in [-0.4, -0.2) is 0 Å². The molecular weight excluding hydrogens is 241 g/mol. The fourth-order valence-corrected chi connectivity index (χ4v) is 1.70. The summed E-state index contributed by atoms with van der Waals surface area (Å²) in [4.78, 5) is 0. The van der Waals surface area contributed by atoms with Crippen molar-refractivity contribution in [3.63, 3.8) is 0 Å². The zero-order valence-electron chi connectivity index (χ0n) is 9.33. The lowest BCUT2D eigenvalue weighted by molar-refractivity contribution is -0.137. The molecule has 0 aliphatic rings. The minimum atomic E-state index is -4.44. The molecular formula is C13H11F3N2. The third-order valence-corrected chi connectivity index (χ3v) is 2.62. The van der Waals surface area contributed by atoms with Crippen molar-refractivity contribution in [1.29, 1.82) is 0 Å². The van der Waals surface area contributed by atoms with Gasteiger partial charge in [0.15, 0.2) is 0 Å². The van der Waals surface area contributed by atoms with Crippen LogP contribution < -0.4 is 11.5 Å². The van der Waals surface area contributed by atoms with E-state index in [9.17, 15) is 13.2 Å². The lowest BCUT2D eigenvalue weighted by Gasteiger charge is -2.13. The molecule has 0 amide bonds. The highest BCUT2D eigenvalue weighted by molar-refractivity contribution is 5.85. The Morgan fingerprint density at radius 3 is 2.06 bits per heavy atom. The molecule has 0 spiro atoms. The average molecular weight is 252 g/mol. The van der Waals surface area contributed by atoms with Crippen LogP contribution >= 0.6 is 0 Å². The molecule has 2 aromatic carbocycles. The smallest absolute Gasteiger partial charge is 0.397 e. The lowest BCUT2D eigenvalue weighted by Crippen LogP contribution is -2.08. The molecule has 0 saturated carbocycles. The van der Waals surface area contributed by atoms with Crippen molar-refractivity contribution in [2.75, 3.05) is 11.5 Å². The minimum absolute atomic E-state index is 0.0660. The number of nitrogens with two attached hydrogens (primary N) is 2. The summed E-state index contributed by atoms with van der Waals surface area (Å²) in [5.74, 6) is 0. The van der Waals surface area contributed by atoms with Crippen LogP contribution in [0.2, 0.25) is 0 Å². The summed E-state index contributed by atoms with van der Waals surface area (Å²) in [6, 6.07) is 10.5. The molecule has 0 fully saturated rings. The van der Waals surface area contributed by atoms with Crippen molar-refractivity contribution in [2.24, 2.45) is 0 Å². The molecule has 18 heavy (non-hydrogen) atoms. The zero-order chi connectivity index (χ0) is 13.3. The fourth-order valence-electron chi connectivity index (χ4n) is 1.70. The Labute approximate surface area is 102 Å². The van der Waals surface area contributed by atoms with Crippen LogP contribution in [0, 0.1) is 0 Å². The second-order valence-electron chi connectivity index (χ2n) is 3.89. The summed E-state index contributed by atoms with van der Waals surface area (Å²) in [6.45, 7) is 0. The van der Waals surface area contributed by atoms with E-state index in [1.165, 1.54) is 0 Å². The van der Waals surface area contributed by atoms with Gasteiger partial charge in [0.05, 0.1) is 16.9 Å². The molecule has 0 unspecified atom stereocenters. The number of anilines is 2. The number of benzene rings is 2. The monoisotopic (exact) mass is 252 g/mol. The SMILES string of the molecule is Nc1cc(C(F)(F)F)cc(-c2ccccc2)c1N. The normalized spacial score (nSPS) is 11.5. The molecule has 0 aliphatic carbocycles. The molecule has 0 atom stereocenters. The Bertz CT molecular complexity index is 562. The number of nitrogen functional groups attached to an aromatic ring is 2. The van der Waals surface area contributed by atoms with Gasteiger partial charge >= 0.3 is 6.18 Å². The maximum Gasteiger partial charge on any atom is 0.416 e. The Morgan fingerprint density at radius 1 is 0.889 bits per heavy atom. The predicted molar refractivity (Wildman–Crippen MR) is 65.7 cm³/mol. The van der Waals surface area contributed by atoms with Crippen molar-refractivity contribution in [1.82, 2.24) is 0 Å². The summed E-state index contributed by atoms with van der Waals surface area (Å²) >= 11 is 0. The molecule has 0 radical (unpaired) electrons. The van der Waals surface area contributed by atoms with E-state index in [0.29, 0.717) is 11.1 Å². The van der Waals surface area contributed by atoms with Crippen LogP contribution in [0.4, 0.5) is 24.5 Å². The molecule has 4 N–H and O–H groups in total. The van der Waals surface area contributed by atoms with Gasteiger partial charge in [-0.05, 0) is 17.7 Å². The first-order valence-corrected chi connectivity index (χ1v) is 5.21. The van der Waals surface area contributed by atoms with Gasteiger partial charge in [-0.2, -0.15) is 13.2 Å². The van der Waals surface area contributed by atoms with E-state index < -0.39 is 11.7 Å². The van der Waals surface area contributed by atoms with Gasteiger partial charge in [-0.25, -0.2) is 0 Å². The van der Waals surface area contributed by atoms with Crippen LogP contribution in [0.25, 0.3) is 11.1 Å². The summed E-state index contributed by atoms with van der Waals surface area (Å²) in [7, 11) is 0. The van der Waals surface area contributed by atoms with Crippen LogP contribution in [0.1, 0.15) is 5.56 Å². The lowest BCUT2D eigenvalue weighted by atomic mass is 9.99. The molecule has 0 saturated heterocycles. The topological polar surface area (TPSA) is 52.0 Å². The first-order valence-electron chi connectivity index (χ1n) is 5.21. The van der Waals surface area contributed by atoms with Gasteiger partial charge < -0.3 is 11.5 Å². The van der Waals surface area contributed by atoms with Crippen molar-refractivity contribution >= 4 is 11.4 Å². The van der Waals surface area contributed by atoms with Crippen molar-refractivity contribution in [3.8, 4) is 11.1 Å². The van der Waals surface area contributed by atoms with E-state index >= 15 is 0 Å². The minimum Gasteiger partial charge on any atom is -0.397 e. The van der Waals surface area contributed by atoms with E-state index in [1.807, 2.05) is 0 Å². The Balaban J connectivity index is 2.64. The van der Waals surface area contributed by atoms with Gasteiger partial charge in [-0.3, -0.25) is 0 Å². The number of rotatable bonds is 1. The van der Waals surface area contributed by atoms with Gasteiger partial charge in [0, 0.05) is 5.56 Å². The maximum atomic E-state index is 12.7. The van der Waals surface area contributed by atoms with E-state index in [4.69, 9.17) is 11.5 Å². The molecule has 2 rings (SSSR count). The highest BCUT2D eigenvalue weighted by atomic mass is 19.4. The molecule has 2 nitrogen and oxygen atoms in total. The molecule has 5 heteroatoms. The summed E-state index contributed by atoms with van der Waals surface area (Å²) in [5, 5.41) is 0. The third kappa shape index (κ3) is 2.25. The summed E-state index contributed by atoms with van der Waals surface area (Å²) < 4.78 is 38.1. The summed E-state index contributed by atoms with van der Waals surface area (Å²) in [5.41, 5.74) is 11.5. The van der Waals surface area contributed by atoms with Crippen molar-refractivity contribution in [3.05, 3.63) is 48.0 Å². The van der Waals surface area contributed by atoms with Gasteiger partial charge in [-0.15, -0.1) is 0 Å². The Hall–Kier alpha value is -2.17. The largest absolute Gasteiger partial charge is 0.416 e. The Kier molecular flexibility index (Phi) is 2.90. The maximum absolute atomic E-state index is 12.7. The zero-order valence-corrected chi connectivity index (χ0v) is 9.33. The first-order chi connectivity index (χ1) is 8.39. The van der Waals surface area contributed by atoms with Crippen molar-refractivity contribution in [2.45, 2.75) is 6.18 Å². The van der Waals surface area contributed by atoms with Crippen LogP contribution in [0.15, 0.2) is 42.5 Å². The third-order valence-electron chi connectivity index (χ3n) is 2.62. The standard InChI is InChI=1S/C13H11F3N2/c14-13(15,16)9-6-10(12(18)11(17)7-9)8-4-2-1-3-5-8/h1-7H,17-18H2. The van der Waals surface area contributed by atoms with Gasteiger partial charge in [0.2, 0.25) is 0 Å². The number of hydrogen-bond donors (Lipinski definition) is 2. The predicted octanol–water partition coefficient (Wildman–Crippen LogP) is 3.54. The first kappa shape index (κ1) is 12.3. The van der Waals surface area contributed by atoms with E-state index in [2.05, 4.69) is 0 Å². The molecule has 2 aromatic rings. The average Bonchev–Trinajstić information content (AvgIpc) is 2.32. The number of alkyl halides is 3. The van der Waals surface area contributed by atoms with Gasteiger partial charge in [0.1, 0.15) is 0 Å². The second-order valence-corrected chi connectivity index (χ2v) is 3.89. The number of hydrogen-bond acceptors (Lipinski definition) is 2. The quantitative estimate of drug-likeness (QED) is 0.763. The Morgan fingerprint density at radius 2 is 1.50 bits per heavy atom. The van der Waals surface area contributed by atoms with Crippen LogP contribution in [0.5, 0.6) is 0 Å². The molecule has 0 heterocycles. The molecule has 0 aliphatic heterocycles. The van der Waals surface area contributed by atoms with Crippen molar-refractivity contribution < 1.29 is 13.2 Å². The van der Waals surface area contributed by atoms with Crippen LogP contribution in [-0.2, 0) is 6.18 Å². The van der Waals surface area contributed by atoms with E-state index in [1.54, 1.807) is 30.3 Å². The van der Waals surface area contributed by atoms with E-state index in [0.717, 1.165) is 12.1 Å².